The van der Waals surface area contributed by atoms with Crippen molar-refractivity contribution in [2.75, 3.05) is 18.1 Å². The number of urea groups is 1. The minimum atomic E-state index is -0.435. The molecular formula is C24H22ClN3OS. The van der Waals surface area contributed by atoms with Crippen LogP contribution in [0.5, 0.6) is 0 Å². The lowest BCUT2D eigenvalue weighted by Gasteiger charge is -2.27. The summed E-state index contributed by atoms with van der Waals surface area (Å²) in [6.07, 6.45) is 2.02. The van der Waals surface area contributed by atoms with Crippen LogP contribution in [0.15, 0.2) is 88.9 Å². The van der Waals surface area contributed by atoms with Gasteiger partial charge in [-0.2, -0.15) is 5.10 Å². The standard InChI is InChI=1S/C24H22ClN3OS/c1-24(18-6-4-3-5-7-18)16-28(27-22(24)17-8-10-19(25)11-9-17)23(29)26-20-12-14-21(30-2)15-13-20/h3-15H,16H2,1-2H3,(H,26,29). The van der Waals surface area contributed by atoms with Crippen LogP contribution >= 0.6 is 23.4 Å². The van der Waals surface area contributed by atoms with E-state index in [1.165, 1.54) is 5.01 Å². The highest BCUT2D eigenvalue weighted by molar-refractivity contribution is 7.98. The molecule has 0 aliphatic carbocycles. The van der Waals surface area contributed by atoms with Crippen molar-refractivity contribution in [1.29, 1.82) is 0 Å². The van der Waals surface area contributed by atoms with Crippen LogP contribution in [-0.4, -0.2) is 29.6 Å². The Morgan fingerprint density at radius 2 is 1.70 bits per heavy atom. The quantitative estimate of drug-likeness (QED) is 0.490. The first kappa shape index (κ1) is 20.5. The first-order valence-corrected chi connectivity index (χ1v) is 11.2. The van der Waals surface area contributed by atoms with Gasteiger partial charge in [-0.1, -0.05) is 54.1 Å². The van der Waals surface area contributed by atoms with Crippen LogP contribution in [0.2, 0.25) is 5.02 Å². The van der Waals surface area contributed by atoms with Gasteiger partial charge in [0.1, 0.15) is 0 Å². The van der Waals surface area contributed by atoms with E-state index in [9.17, 15) is 4.79 Å². The summed E-state index contributed by atoms with van der Waals surface area (Å²) in [5.74, 6) is 0. The van der Waals surface area contributed by atoms with Crippen molar-refractivity contribution in [2.45, 2.75) is 17.2 Å². The molecule has 6 heteroatoms. The second-order valence-electron chi connectivity index (χ2n) is 7.37. The smallest absolute Gasteiger partial charge is 0.306 e. The highest BCUT2D eigenvalue weighted by atomic mass is 35.5. The Bertz CT molecular complexity index is 1070. The Labute approximate surface area is 185 Å². The Kier molecular flexibility index (Phi) is 5.84. The van der Waals surface area contributed by atoms with Gasteiger partial charge in [-0.3, -0.25) is 0 Å². The molecule has 1 atom stereocenters. The summed E-state index contributed by atoms with van der Waals surface area (Å²) < 4.78 is 0. The molecule has 1 unspecified atom stereocenters. The van der Waals surface area contributed by atoms with E-state index in [-0.39, 0.29) is 6.03 Å². The Hall–Kier alpha value is -2.76. The molecule has 0 radical (unpaired) electrons. The van der Waals surface area contributed by atoms with Crippen LogP contribution in [-0.2, 0) is 5.41 Å². The fourth-order valence-electron chi connectivity index (χ4n) is 3.64. The second-order valence-corrected chi connectivity index (χ2v) is 8.69. The van der Waals surface area contributed by atoms with E-state index >= 15 is 0 Å². The molecule has 152 valence electrons. The molecule has 1 aliphatic rings. The number of nitrogens with zero attached hydrogens (tertiary/aromatic N) is 2. The molecule has 4 rings (SSSR count). The molecule has 0 spiro atoms. The first-order chi connectivity index (χ1) is 14.5. The van der Waals surface area contributed by atoms with E-state index < -0.39 is 5.41 Å². The zero-order chi connectivity index (χ0) is 21.1. The van der Waals surface area contributed by atoms with Crippen LogP contribution in [0.3, 0.4) is 0 Å². The number of hydrogen-bond acceptors (Lipinski definition) is 3. The highest BCUT2D eigenvalue weighted by Crippen LogP contribution is 2.35. The third-order valence-electron chi connectivity index (χ3n) is 5.31. The molecule has 3 aromatic rings. The van der Waals surface area contributed by atoms with Crippen molar-refractivity contribution in [1.82, 2.24) is 5.01 Å². The zero-order valence-electron chi connectivity index (χ0n) is 16.8. The maximum absolute atomic E-state index is 13.0. The molecular weight excluding hydrogens is 414 g/mol. The number of carbonyl (C=O) groups excluding carboxylic acids is 1. The van der Waals surface area contributed by atoms with E-state index in [4.69, 9.17) is 16.7 Å². The fourth-order valence-corrected chi connectivity index (χ4v) is 4.17. The number of hydrazone groups is 1. The van der Waals surface area contributed by atoms with Crippen molar-refractivity contribution in [3.63, 3.8) is 0 Å². The van der Waals surface area contributed by atoms with Gasteiger partial charge < -0.3 is 5.32 Å². The lowest BCUT2D eigenvalue weighted by Crippen LogP contribution is -2.38. The van der Waals surface area contributed by atoms with Crippen molar-refractivity contribution < 1.29 is 4.79 Å². The van der Waals surface area contributed by atoms with Gasteiger partial charge in [-0.15, -0.1) is 11.8 Å². The number of rotatable bonds is 4. The van der Waals surface area contributed by atoms with Crippen LogP contribution < -0.4 is 5.32 Å². The van der Waals surface area contributed by atoms with Crippen molar-refractivity contribution >= 4 is 40.8 Å². The van der Waals surface area contributed by atoms with Crippen LogP contribution in [0.25, 0.3) is 0 Å². The van der Waals surface area contributed by atoms with Gasteiger partial charge in [-0.25, -0.2) is 9.80 Å². The molecule has 1 aliphatic heterocycles. The SMILES string of the molecule is CSc1ccc(NC(=O)N2CC(C)(c3ccccc3)C(c3ccc(Cl)cc3)=N2)cc1. The molecule has 0 fully saturated rings. The average molecular weight is 436 g/mol. The summed E-state index contributed by atoms with van der Waals surface area (Å²) >= 11 is 7.75. The molecule has 2 amide bonds. The lowest BCUT2D eigenvalue weighted by molar-refractivity contribution is 0.214. The number of benzene rings is 3. The Morgan fingerprint density at radius 1 is 1.03 bits per heavy atom. The number of thioether (sulfide) groups is 1. The number of carbonyl (C=O) groups is 1. The molecule has 1 heterocycles. The van der Waals surface area contributed by atoms with Gasteiger partial charge in [0.2, 0.25) is 0 Å². The predicted octanol–water partition coefficient (Wildman–Crippen LogP) is 6.27. The molecule has 4 nitrogen and oxygen atoms in total. The second kappa shape index (κ2) is 8.54. The maximum atomic E-state index is 13.0. The summed E-state index contributed by atoms with van der Waals surface area (Å²) in [7, 11) is 0. The van der Waals surface area contributed by atoms with Gasteiger partial charge in [0.25, 0.3) is 0 Å². The van der Waals surface area contributed by atoms with Gasteiger partial charge in [-0.05, 0) is 60.7 Å². The number of hydrogen-bond donors (Lipinski definition) is 1. The van der Waals surface area contributed by atoms with E-state index in [1.807, 2.05) is 73.0 Å². The summed E-state index contributed by atoms with van der Waals surface area (Å²) in [6, 6.07) is 25.3. The van der Waals surface area contributed by atoms with Crippen molar-refractivity contribution in [2.24, 2.45) is 5.10 Å². The highest BCUT2D eigenvalue weighted by Gasteiger charge is 2.42. The lowest BCUT2D eigenvalue weighted by atomic mass is 9.76. The average Bonchev–Trinajstić information content (AvgIpc) is 3.14. The number of anilines is 1. The third kappa shape index (κ3) is 4.09. The van der Waals surface area contributed by atoms with Crippen LogP contribution in [0.4, 0.5) is 10.5 Å². The fraction of sp³-hybridized carbons (Fsp3) is 0.167. The first-order valence-electron chi connectivity index (χ1n) is 9.63. The Balaban J connectivity index is 1.65. The molecule has 0 aromatic heterocycles. The van der Waals surface area contributed by atoms with Crippen LogP contribution in [0, 0.1) is 0 Å². The Morgan fingerprint density at radius 3 is 2.33 bits per heavy atom. The third-order valence-corrected chi connectivity index (χ3v) is 6.31. The molecule has 3 aromatic carbocycles. The molecule has 1 N–H and O–H groups in total. The largest absolute Gasteiger partial charge is 0.342 e. The summed E-state index contributed by atoms with van der Waals surface area (Å²) in [4.78, 5) is 14.1. The van der Waals surface area contributed by atoms with E-state index in [0.717, 1.165) is 27.4 Å². The number of halogens is 1. The van der Waals surface area contributed by atoms with E-state index in [0.29, 0.717) is 11.6 Å². The van der Waals surface area contributed by atoms with Crippen LogP contribution in [0.1, 0.15) is 18.1 Å². The molecule has 0 saturated carbocycles. The van der Waals surface area contributed by atoms with Gasteiger partial charge in [0, 0.05) is 15.6 Å². The maximum Gasteiger partial charge on any atom is 0.342 e. The summed E-state index contributed by atoms with van der Waals surface area (Å²) in [5.41, 5.74) is 3.21. The minimum Gasteiger partial charge on any atom is -0.306 e. The zero-order valence-corrected chi connectivity index (χ0v) is 18.4. The monoisotopic (exact) mass is 435 g/mol. The van der Waals surface area contributed by atoms with Gasteiger partial charge >= 0.3 is 6.03 Å². The molecule has 30 heavy (non-hydrogen) atoms. The normalized spacial score (nSPS) is 18.2. The number of amides is 2. The molecule has 0 saturated heterocycles. The van der Waals surface area contributed by atoms with Gasteiger partial charge in [0.05, 0.1) is 17.7 Å². The number of nitrogens with one attached hydrogen (secondary N) is 1. The minimum absolute atomic E-state index is 0.252. The van der Waals surface area contributed by atoms with Crippen molar-refractivity contribution in [3.05, 3.63) is 95.0 Å². The van der Waals surface area contributed by atoms with E-state index in [2.05, 4.69) is 24.4 Å². The van der Waals surface area contributed by atoms with E-state index in [1.54, 1.807) is 11.8 Å². The van der Waals surface area contributed by atoms with Crippen molar-refractivity contribution in [3.8, 4) is 0 Å². The van der Waals surface area contributed by atoms with Gasteiger partial charge in [0.15, 0.2) is 0 Å². The molecule has 0 bridgehead atoms. The summed E-state index contributed by atoms with van der Waals surface area (Å²) in [5, 5.41) is 9.88. The summed E-state index contributed by atoms with van der Waals surface area (Å²) in [6.45, 7) is 2.57. The topological polar surface area (TPSA) is 44.7 Å². The predicted molar refractivity (Wildman–Crippen MR) is 126 cm³/mol.